The second-order valence-corrected chi connectivity index (χ2v) is 6.13. The zero-order chi connectivity index (χ0) is 10.4. The molecule has 1 heterocycles. The highest BCUT2D eigenvalue weighted by Crippen LogP contribution is 2.42. The summed E-state index contributed by atoms with van der Waals surface area (Å²) >= 11 is 0. The molecular formula is C13H23NO. The van der Waals surface area contributed by atoms with Gasteiger partial charge in [0.25, 0.3) is 0 Å². The quantitative estimate of drug-likeness (QED) is 0.755. The van der Waals surface area contributed by atoms with Gasteiger partial charge in [0.1, 0.15) is 0 Å². The van der Waals surface area contributed by atoms with Crippen molar-refractivity contribution >= 4 is 0 Å². The third-order valence-corrected chi connectivity index (χ3v) is 4.56. The van der Waals surface area contributed by atoms with Crippen molar-refractivity contribution in [3.8, 4) is 0 Å². The second kappa shape index (κ2) is 3.46. The van der Waals surface area contributed by atoms with Gasteiger partial charge in [-0.25, -0.2) is 0 Å². The molecule has 1 unspecified atom stereocenters. The highest BCUT2D eigenvalue weighted by Gasteiger charge is 2.44. The predicted molar refractivity (Wildman–Crippen MR) is 60.9 cm³/mol. The maximum atomic E-state index is 6.05. The molecular weight excluding hydrogens is 186 g/mol. The topological polar surface area (TPSA) is 21.3 Å². The lowest BCUT2D eigenvalue weighted by Gasteiger charge is -2.39. The van der Waals surface area contributed by atoms with E-state index in [9.17, 15) is 0 Å². The van der Waals surface area contributed by atoms with Gasteiger partial charge in [0.2, 0.25) is 0 Å². The van der Waals surface area contributed by atoms with E-state index >= 15 is 0 Å². The molecule has 0 aromatic carbocycles. The fraction of sp³-hybridized carbons (Fsp3) is 1.00. The van der Waals surface area contributed by atoms with Gasteiger partial charge in [0, 0.05) is 18.2 Å². The minimum Gasteiger partial charge on any atom is -0.375 e. The maximum Gasteiger partial charge on any atom is 0.0697 e. The summed E-state index contributed by atoms with van der Waals surface area (Å²) in [6, 6.07) is 0.726. The SMILES string of the molecule is CC1(NC2CCOC3(CCCC3)C2)CC1. The number of nitrogens with one attached hydrogen (secondary N) is 1. The Balaban J connectivity index is 1.60. The van der Waals surface area contributed by atoms with Crippen LogP contribution < -0.4 is 5.32 Å². The Morgan fingerprint density at radius 1 is 1.13 bits per heavy atom. The van der Waals surface area contributed by atoms with Crippen LogP contribution in [0.2, 0.25) is 0 Å². The smallest absolute Gasteiger partial charge is 0.0697 e. The van der Waals surface area contributed by atoms with Gasteiger partial charge in [-0.15, -0.1) is 0 Å². The first-order valence-electron chi connectivity index (χ1n) is 6.62. The van der Waals surface area contributed by atoms with E-state index in [4.69, 9.17) is 4.74 Å². The largest absolute Gasteiger partial charge is 0.375 e. The van der Waals surface area contributed by atoms with Crippen LogP contribution in [0.4, 0.5) is 0 Å². The Morgan fingerprint density at radius 3 is 2.53 bits per heavy atom. The summed E-state index contributed by atoms with van der Waals surface area (Å²) in [6.45, 7) is 3.34. The Kier molecular flexibility index (Phi) is 2.33. The molecule has 1 spiro atoms. The summed E-state index contributed by atoms with van der Waals surface area (Å²) in [5, 5.41) is 3.84. The van der Waals surface area contributed by atoms with Crippen molar-refractivity contribution in [3.63, 3.8) is 0 Å². The lowest BCUT2D eigenvalue weighted by molar-refractivity contribution is -0.0849. The molecule has 2 saturated carbocycles. The second-order valence-electron chi connectivity index (χ2n) is 6.13. The zero-order valence-electron chi connectivity index (χ0n) is 9.85. The number of rotatable bonds is 2. The number of ether oxygens (including phenoxy) is 1. The predicted octanol–water partition coefficient (Wildman–Crippen LogP) is 2.62. The summed E-state index contributed by atoms with van der Waals surface area (Å²) < 4.78 is 6.05. The van der Waals surface area contributed by atoms with Crippen LogP contribution in [0.15, 0.2) is 0 Å². The van der Waals surface area contributed by atoms with Crippen LogP contribution in [-0.2, 0) is 4.74 Å². The fourth-order valence-electron chi connectivity index (χ4n) is 3.34. The molecule has 3 aliphatic rings. The van der Waals surface area contributed by atoms with Crippen LogP contribution in [0, 0.1) is 0 Å². The van der Waals surface area contributed by atoms with Crippen LogP contribution >= 0.6 is 0 Å². The molecule has 1 saturated heterocycles. The van der Waals surface area contributed by atoms with E-state index in [-0.39, 0.29) is 5.60 Å². The van der Waals surface area contributed by atoms with E-state index in [1.165, 1.54) is 51.4 Å². The molecule has 0 aromatic rings. The van der Waals surface area contributed by atoms with Crippen LogP contribution in [0.1, 0.15) is 58.3 Å². The van der Waals surface area contributed by atoms with Crippen molar-refractivity contribution in [2.75, 3.05) is 6.61 Å². The molecule has 0 aromatic heterocycles. The Morgan fingerprint density at radius 2 is 1.87 bits per heavy atom. The first-order valence-corrected chi connectivity index (χ1v) is 6.62. The maximum absolute atomic E-state index is 6.05. The van der Waals surface area contributed by atoms with Crippen LogP contribution in [0.5, 0.6) is 0 Å². The van der Waals surface area contributed by atoms with E-state index < -0.39 is 0 Å². The van der Waals surface area contributed by atoms with E-state index in [0.29, 0.717) is 5.54 Å². The van der Waals surface area contributed by atoms with E-state index in [2.05, 4.69) is 12.2 Å². The lowest BCUT2D eigenvalue weighted by Crippen LogP contribution is -2.48. The van der Waals surface area contributed by atoms with Crippen molar-refractivity contribution in [1.29, 1.82) is 0 Å². The fourth-order valence-corrected chi connectivity index (χ4v) is 3.34. The molecule has 0 amide bonds. The Labute approximate surface area is 92.8 Å². The normalized spacial score (nSPS) is 37.0. The van der Waals surface area contributed by atoms with Gasteiger partial charge >= 0.3 is 0 Å². The zero-order valence-corrected chi connectivity index (χ0v) is 9.85. The van der Waals surface area contributed by atoms with Crippen LogP contribution in [0.25, 0.3) is 0 Å². The third kappa shape index (κ3) is 2.07. The molecule has 0 bridgehead atoms. The monoisotopic (exact) mass is 209 g/mol. The molecule has 3 fully saturated rings. The van der Waals surface area contributed by atoms with Crippen molar-refractivity contribution < 1.29 is 4.74 Å². The minimum absolute atomic E-state index is 0.279. The van der Waals surface area contributed by atoms with Gasteiger partial charge in [0.15, 0.2) is 0 Å². The van der Waals surface area contributed by atoms with Gasteiger partial charge in [-0.3, -0.25) is 0 Å². The molecule has 2 aliphatic carbocycles. The van der Waals surface area contributed by atoms with Crippen molar-refractivity contribution in [2.45, 2.75) is 75.5 Å². The van der Waals surface area contributed by atoms with E-state index in [1.807, 2.05) is 0 Å². The summed E-state index contributed by atoms with van der Waals surface area (Å²) in [5.41, 5.74) is 0.767. The van der Waals surface area contributed by atoms with Gasteiger partial charge in [-0.05, 0) is 45.4 Å². The third-order valence-electron chi connectivity index (χ3n) is 4.56. The molecule has 3 rings (SSSR count). The van der Waals surface area contributed by atoms with Gasteiger partial charge in [-0.1, -0.05) is 12.8 Å². The number of hydrogen-bond donors (Lipinski definition) is 1. The molecule has 2 heteroatoms. The number of hydrogen-bond acceptors (Lipinski definition) is 2. The summed E-state index contributed by atoms with van der Waals surface area (Å²) in [7, 11) is 0. The average molecular weight is 209 g/mol. The highest BCUT2D eigenvalue weighted by atomic mass is 16.5. The van der Waals surface area contributed by atoms with Gasteiger partial charge < -0.3 is 10.1 Å². The first-order chi connectivity index (χ1) is 7.20. The van der Waals surface area contributed by atoms with Crippen LogP contribution in [0.3, 0.4) is 0 Å². The molecule has 15 heavy (non-hydrogen) atoms. The standard InChI is InChI=1S/C13H23NO/c1-12(7-8-12)14-11-4-9-15-13(10-11)5-2-3-6-13/h11,14H,2-10H2,1H3. The Bertz CT molecular complexity index is 241. The van der Waals surface area contributed by atoms with E-state index in [0.717, 1.165) is 12.6 Å². The summed E-state index contributed by atoms with van der Waals surface area (Å²) in [5.74, 6) is 0. The van der Waals surface area contributed by atoms with Gasteiger partial charge in [-0.2, -0.15) is 0 Å². The Hall–Kier alpha value is -0.0800. The van der Waals surface area contributed by atoms with Crippen molar-refractivity contribution in [3.05, 3.63) is 0 Å². The van der Waals surface area contributed by atoms with E-state index in [1.54, 1.807) is 0 Å². The summed E-state index contributed by atoms with van der Waals surface area (Å²) in [4.78, 5) is 0. The lowest BCUT2D eigenvalue weighted by atomic mass is 9.88. The molecule has 0 radical (unpaired) electrons. The molecule has 2 nitrogen and oxygen atoms in total. The minimum atomic E-state index is 0.279. The summed E-state index contributed by atoms with van der Waals surface area (Å²) in [6.07, 6.45) is 10.6. The first kappa shape index (κ1) is 10.1. The molecule has 1 N–H and O–H groups in total. The molecule has 1 aliphatic heterocycles. The van der Waals surface area contributed by atoms with Crippen molar-refractivity contribution in [1.82, 2.24) is 5.32 Å². The molecule has 1 atom stereocenters. The molecule has 86 valence electrons. The van der Waals surface area contributed by atoms with Crippen molar-refractivity contribution in [2.24, 2.45) is 0 Å². The van der Waals surface area contributed by atoms with Gasteiger partial charge in [0.05, 0.1) is 5.60 Å². The van der Waals surface area contributed by atoms with Crippen LogP contribution in [-0.4, -0.2) is 23.8 Å². The highest BCUT2D eigenvalue weighted by molar-refractivity contribution is 5.02. The average Bonchev–Trinajstić information content (AvgIpc) is 2.76.